The first-order valence-corrected chi connectivity index (χ1v) is 6.70. The van der Waals surface area contributed by atoms with Crippen LogP contribution in [0.4, 0.5) is 4.79 Å². The molecule has 2 heterocycles. The van der Waals surface area contributed by atoms with Crippen molar-refractivity contribution in [3.63, 3.8) is 0 Å². The summed E-state index contributed by atoms with van der Waals surface area (Å²) in [5, 5.41) is 0. The molecule has 1 aromatic rings. The molecule has 1 aliphatic heterocycles. The average molecular weight is 350 g/mol. The Morgan fingerprint density at radius 2 is 2.15 bits per heavy atom. The van der Waals surface area contributed by atoms with Gasteiger partial charge in [0.1, 0.15) is 5.60 Å². The quantitative estimate of drug-likeness (QED) is 0.770. The van der Waals surface area contributed by atoms with Crippen molar-refractivity contribution >= 4 is 22.0 Å². The maximum absolute atomic E-state index is 12.6. The van der Waals surface area contributed by atoms with Crippen LogP contribution in [-0.4, -0.2) is 34.6 Å². The molecule has 110 valence electrons. The van der Waals surface area contributed by atoms with Gasteiger partial charge >= 0.3 is 6.09 Å². The Morgan fingerprint density at radius 1 is 1.50 bits per heavy atom. The first-order chi connectivity index (χ1) is 12.7. The molecular formula is C15H21BrN2O2. The monoisotopic (exact) mass is 349 g/mol. The van der Waals surface area contributed by atoms with E-state index in [9.17, 15) is 4.79 Å². The average Bonchev–Trinajstić information content (AvgIpc) is 2.50. The van der Waals surface area contributed by atoms with Gasteiger partial charge in [-0.05, 0) is 61.6 Å². The molecule has 0 atom stereocenters. The van der Waals surface area contributed by atoms with Crippen LogP contribution in [0.15, 0.2) is 22.8 Å². The zero-order valence-electron chi connectivity index (χ0n) is 20.3. The number of nitrogens with zero attached hydrogens (tertiary/aromatic N) is 2. The normalized spacial score (nSPS) is 35.4. The topological polar surface area (TPSA) is 42.4 Å². The van der Waals surface area contributed by atoms with Crippen molar-refractivity contribution < 1.29 is 21.9 Å². The second-order valence-electron chi connectivity index (χ2n) is 5.03. The summed E-state index contributed by atoms with van der Waals surface area (Å²) in [5.74, 6) is -3.15. The fourth-order valence-electron chi connectivity index (χ4n) is 1.33. The molecular weight excluding hydrogens is 320 g/mol. The number of carbonyl (C=O) groups excluding carboxylic acids is 1. The standard InChI is InChI=1S/C15H21BrN2O2/c1-15(2,3)20-14(19)18-8-6-11(7-9-18)13-5-4-12(16)10-17-13/h4-5,10-11H,6-9H2,1-3H3/i6D2,7D2,8D2,9D2,11D. The molecule has 0 aromatic carbocycles. The predicted molar refractivity (Wildman–Crippen MR) is 81.7 cm³/mol. The minimum atomic E-state index is -3.46. The molecule has 0 bridgehead atoms. The fraction of sp³-hybridized carbons (Fsp3) is 0.600. The Labute approximate surface area is 141 Å². The van der Waals surface area contributed by atoms with Gasteiger partial charge in [-0.3, -0.25) is 4.98 Å². The summed E-state index contributed by atoms with van der Waals surface area (Å²) in [6, 6.07) is 2.47. The Hall–Kier alpha value is -1.10. The van der Waals surface area contributed by atoms with Gasteiger partial charge in [0, 0.05) is 47.6 Å². The minimum absolute atomic E-state index is 0.225. The number of aromatic nitrogens is 1. The summed E-state index contributed by atoms with van der Waals surface area (Å²) >= 11 is 3.12. The number of amides is 1. The number of ether oxygens (including phenoxy) is 1. The van der Waals surface area contributed by atoms with Crippen molar-refractivity contribution in [2.45, 2.75) is 45.0 Å². The third-order valence-electron chi connectivity index (χ3n) is 2.15. The molecule has 0 N–H and O–H groups in total. The van der Waals surface area contributed by atoms with Gasteiger partial charge in [-0.2, -0.15) is 0 Å². The molecule has 2 rings (SSSR count). The molecule has 4 nitrogen and oxygen atoms in total. The Balaban J connectivity index is 2.79. The highest BCUT2D eigenvalue weighted by Gasteiger charge is 2.27. The zero-order chi connectivity index (χ0) is 22.8. The van der Waals surface area contributed by atoms with E-state index in [1.54, 1.807) is 0 Å². The van der Waals surface area contributed by atoms with Gasteiger partial charge in [-0.1, -0.05) is 0 Å². The summed E-state index contributed by atoms with van der Waals surface area (Å²) in [7, 11) is 0. The number of likely N-dealkylation sites (tertiary alicyclic amines) is 1. The highest BCUT2D eigenvalue weighted by molar-refractivity contribution is 9.10. The van der Waals surface area contributed by atoms with Crippen molar-refractivity contribution in [1.29, 1.82) is 0 Å². The van der Waals surface area contributed by atoms with Gasteiger partial charge < -0.3 is 9.64 Å². The van der Waals surface area contributed by atoms with Crippen molar-refractivity contribution in [2.75, 3.05) is 13.0 Å². The molecule has 5 heteroatoms. The Morgan fingerprint density at radius 3 is 2.65 bits per heavy atom. The number of hydrogen-bond donors (Lipinski definition) is 0. The number of rotatable bonds is 1. The predicted octanol–water partition coefficient (Wildman–Crippen LogP) is 3.96. The van der Waals surface area contributed by atoms with Crippen LogP contribution < -0.4 is 0 Å². The van der Waals surface area contributed by atoms with E-state index in [0.29, 0.717) is 4.47 Å². The molecule has 1 amide bonds. The third-order valence-corrected chi connectivity index (χ3v) is 2.61. The van der Waals surface area contributed by atoms with Gasteiger partial charge in [0.15, 0.2) is 0 Å². The molecule has 1 aromatic heterocycles. The highest BCUT2D eigenvalue weighted by atomic mass is 79.9. The molecule has 0 aliphatic carbocycles. The van der Waals surface area contributed by atoms with E-state index in [2.05, 4.69) is 20.9 Å². The molecule has 1 fully saturated rings. The van der Waals surface area contributed by atoms with E-state index in [0.717, 1.165) is 6.07 Å². The van der Waals surface area contributed by atoms with Gasteiger partial charge in [0.25, 0.3) is 0 Å². The molecule has 0 spiro atoms. The van der Waals surface area contributed by atoms with E-state index >= 15 is 0 Å². The molecule has 0 radical (unpaired) electrons. The number of piperidine rings is 1. The lowest BCUT2D eigenvalue weighted by molar-refractivity contribution is 0.0204. The summed E-state index contributed by atoms with van der Waals surface area (Å²) in [5.41, 5.74) is -1.70. The van der Waals surface area contributed by atoms with Crippen LogP contribution in [-0.2, 0) is 4.74 Å². The van der Waals surface area contributed by atoms with Crippen LogP contribution in [0.25, 0.3) is 0 Å². The molecule has 1 saturated heterocycles. The van der Waals surface area contributed by atoms with Gasteiger partial charge in [0.05, 0.1) is 0 Å². The van der Waals surface area contributed by atoms with Gasteiger partial charge in [-0.25, -0.2) is 4.79 Å². The fourth-order valence-corrected chi connectivity index (χ4v) is 1.57. The first-order valence-electron chi connectivity index (χ1n) is 10.4. The van der Waals surface area contributed by atoms with Crippen LogP contribution in [0.2, 0.25) is 0 Å². The van der Waals surface area contributed by atoms with Crippen LogP contribution in [0, 0.1) is 0 Å². The number of hydrogen-bond acceptors (Lipinski definition) is 3. The Kier molecular flexibility index (Phi) is 2.22. The first kappa shape index (κ1) is 7.25. The largest absolute Gasteiger partial charge is 0.444 e. The third kappa shape index (κ3) is 4.20. The second-order valence-corrected chi connectivity index (χ2v) is 5.94. The summed E-state index contributed by atoms with van der Waals surface area (Å²) in [6.45, 7) is -2.57. The summed E-state index contributed by atoms with van der Waals surface area (Å²) < 4.78 is 80.6. The molecule has 1 aliphatic rings. The van der Waals surface area contributed by atoms with E-state index in [-0.39, 0.29) is 4.90 Å². The lowest BCUT2D eigenvalue weighted by Gasteiger charge is -2.33. The van der Waals surface area contributed by atoms with Crippen LogP contribution in [0.5, 0.6) is 0 Å². The van der Waals surface area contributed by atoms with Crippen LogP contribution >= 0.6 is 15.9 Å². The summed E-state index contributed by atoms with van der Waals surface area (Å²) in [6.07, 6.45) is -7.26. The van der Waals surface area contributed by atoms with Crippen LogP contribution in [0.1, 0.15) is 57.4 Å². The number of carbonyl (C=O) groups is 1. The lowest BCUT2D eigenvalue weighted by atomic mass is 9.93. The molecule has 20 heavy (non-hydrogen) atoms. The van der Waals surface area contributed by atoms with Crippen molar-refractivity contribution in [2.24, 2.45) is 0 Å². The van der Waals surface area contributed by atoms with E-state index < -0.39 is 49.0 Å². The van der Waals surface area contributed by atoms with Gasteiger partial charge in [-0.15, -0.1) is 0 Å². The number of halogens is 1. The van der Waals surface area contributed by atoms with Gasteiger partial charge in [0.2, 0.25) is 0 Å². The van der Waals surface area contributed by atoms with E-state index in [1.165, 1.54) is 33.0 Å². The SMILES string of the molecule is [2H]C1([2H])N(C(=O)OC(C)(C)C)C([2H])([2H])C([2H])([2H])C([2H])(c2ccc(Br)cn2)C1([2H])[2H]. The molecule has 0 unspecified atom stereocenters. The maximum atomic E-state index is 12.6. The van der Waals surface area contributed by atoms with E-state index in [4.69, 9.17) is 17.1 Å². The van der Waals surface area contributed by atoms with Crippen LogP contribution in [0.3, 0.4) is 0 Å². The second kappa shape index (κ2) is 6.12. The van der Waals surface area contributed by atoms with Crippen molar-refractivity contribution in [1.82, 2.24) is 9.88 Å². The summed E-state index contributed by atoms with van der Waals surface area (Å²) in [4.78, 5) is 16.2. The highest BCUT2D eigenvalue weighted by Crippen LogP contribution is 2.28. The zero-order valence-corrected chi connectivity index (χ0v) is 12.9. The smallest absolute Gasteiger partial charge is 0.410 e. The lowest BCUT2D eigenvalue weighted by Crippen LogP contribution is -2.41. The van der Waals surface area contributed by atoms with E-state index in [1.807, 2.05) is 0 Å². The Bertz CT molecular complexity index is 781. The van der Waals surface area contributed by atoms with Crippen molar-refractivity contribution in [3.8, 4) is 0 Å². The van der Waals surface area contributed by atoms with Crippen molar-refractivity contribution in [3.05, 3.63) is 28.5 Å². The maximum Gasteiger partial charge on any atom is 0.410 e. The number of pyridine rings is 1. The minimum Gasteiger partial charge on any atom is -0.444 e. The molecule has 0 saturated carbocycles.